The summed E-state index contributed by atoms with van der Waals surface area (Å²) in [4.78, 5) is 39.8. The van der Waals surface area contributed by atoms with Gasteiger partial charge in [0.25, 0.3) is 5.91 Å². The summed E-state index contributed by atoms with van der Waals surface area (Å²) >= 11 is 0. The number of hydrogen-bond acceptors (Lipinski definition) is 3. The number of nitrogens with zero attached hydrogens (tertiary/aromatic N) is 1. The average molecular weight is 512 g/mol. The standard InChI is InChI=1S/C32H37N3O3/c36-30(34-28-17-8-4-9-18-28)23-33-31(37)26(21-20-25-13-5-3-6-14-25)15-7-1-2-12-22-35-24-27-16-10-11-19-29(27)32(35)38/h3-6,8-11,13-14,16-19,26H,1-2,7,12,15,20-24H2,(H,33,37)(H,34,36)/t26-/m0/s1. The van der Waals surface area contributed by atoms with Crippen LogP contribution in [0.2, 0.25) is 0 Å². The quantitative estimate of drug-likeness (QED) is 0.277. The first kappa shape index (κ1) is 27.1. The third-order valence-electron chi connectivity index (χ3n) is 7.10. The molecular weight excluding hydrogens is 474 g/mol. The zero-order valence-corrected chi connectivity index (χ0v) is 21.9. The van der Waals surface area contributed by atoms with Gasteiger partial charge in [0.15, 0.2) is 0 Å². The van der Waals surface area contributed by atoms with Crippen LogP contribution < -0.4 is 10.6 Å². The van der Waals surface area contributed by atoms with Crippen LogP contribution in [0.4, 0.5) is 5.69 Å². The molecule has 0 unspecified atom stereocenters. The second kappa shape index (κ2) is 14.1. The number of benzene rings is 3. The lowest BCUT2D eigenvalue weighted by Gasteiger charge is -2.18. The number of hydrogen-bond donors (Lipinski definition) is 2. The number of nitrogens with one attached hydrogen (secondary N) is 2. The minimum atomic E-state index is -0.232. The van der Waals surface area contributed by atoms with Crippen LogP contribution in [-0.2, 0) is 22.6 Å². The van der Waals surface area contributed by atoms with E-state index in [0.717, 1.165) is 62.6 Å². The van der Waals surface area contributed by atoms with Crippen molar-refractivity contribution in [3.8, 4) is 0 Å². The third kappa shape index (κ3) is 8.04. The van der Waals surface area contributed by atoms with E-state index >= 15 is 0 Å². The zero-order valence-electron chi connectivity index (χ0n) is 21.9. The number of amides is 3. The van der Waals surface area contributed by atoms with Gasteiger partial charge in [0, 0.05) is 30.3 Å². The number of rotatable bonds is 14. The van der Waals surface area contributed by atoms with Crippen LogP contribution in [0.1, 0.15) is 60.0 Å². The summed E-state index contributed by atoms with van der Waals surface area (Å²) in [7, 11) is 0. The van der Waals surface area contributed by atoms with Crippen LogP contribution in [0, 0.1) is 5.92 Å². The molecule has 0 radical (unpaired) electrons. The number of para-hydroxylation sites is 1. The van der Waals surface area contributed by atoms with E-state index in [0.29, 0.717) is 12.2 Å². The van der Waals surface area contributed by atoms with Crippen molar-refractivity contribution in [2.75, 3.05) is 18.4 Å². The van der Waals surface area contributed by atoms with Crippen molar-refractivity contribution in [1.29, 1.82) is 0 Å². The molecule has 1 heterocycles. The maximum atomic E-state index is 13.0. The summed E-state index contributed by atoms with van der Waals surface area (Å²) in [5, 5.41) is 5.66. The predicted molar refractivity (Wildman–Crippen MR) is 151 cm³/mol. The molecule has 2 N–H and O–H groups in total. The molecule has 4 rings (SSSR count). The van der Waals surface area contributed by atoms with Crippen molar-refractivity contribution in [1.82, 2.24) is 10.2 Å². The fourth-order valence-electron chi connectivity index (χ4n) is 4.97. The molecule has 0 aliphatic carbocycles. The van der Waals surface area contributed by atoms with Gasteiger partial charge in [-0.3, -0.25) is 14.4 Å². The van der Waals surface area contributed by atoms with E-state index in [-0.39, 0.29) is 30.2 Å². The second-order valence-corrected chi connectivity index (χ2v) is 9.94. The molecule has 6 heteroatoms. The fraction of sp³-hybridized carbons (Fsp3) is 0.344. The molecule has 1 atom stereocenters. The van der Waals surface area contributed by atoms with E-state index < -0.39 is 0 Å². The van der Waals surface area contributed by atoms with Gasteiger partial charge in [-0.2, -0.15) is 0 Å². The molecule has 1 aliphatic rings. The Hall–Kier alpha value is -3.93. The SMILES string of the molecule is O=C(CNC(=O)[C@@H](CCCCCCN1Cc2ccccc2C1=O)CCc1ccccc1)Nc1ccccc1. The van der Waals surface area contributed by atoms with E-state index in [4.69, 9.17) is 0 Å². The Balaban J connectivity index is 1.19. The lowest BCUT2D eigenvalue weighted by atomic mass is 9.93. The highest BCUT2D eigenvalue weighted by Crippen LogP contribution is 2.23. The molecule has 0 fully saturated rings. The molecule has 1 aliphatic heterocycles. The van der Waals surface area contributed by atoms with Gasteiger partial charge in [0.2, 0.25) is 11.8 Å². The van der Waals surface area contributed by atoms with E-state index in [9.17, 15) is 14.4 Å². The van der Waals surface area contributed by atoms with E-state index in [1.807, 2.05) is 77.7 Å². The molecule has 38 heavy (non-hydrogen) atoms. The van der Waals surface area contributed by atoms with Crippen LogP contribution in [0.25, 0.3) is 0 Å². The number of aryl methyl sites for hydroxylation is 1. The molecule has 3 aromatic rings. The highest BCUT2D eigenvalue weighted by atomic mass is 16.2. The van der Waals surface area contributed by atoms with Crippen LogP contribution in [0.5, 0.6) is 0 Å². The first-order valence-electron chi connectivity index (χ1n) is 13.6. The van der Waals surface area contributed by atoms with E-state index in [1.165, 1.54) is 5.56 Å². The number of fused-ring (bicyclic) bond motifs is 1. The summed E-state index contributed by atoms with van der Waals surface area (Å²) in [6, 6.07) is 27.3. The number of carbonyl (C=O) groups is 3. The first-order chi connectivity index (χ1) is 18.6. The smallest absolute Gasteiger partial charge is 0.254 e. The second-order valence-electron chi connectivity index (χ2n) is 9.94. The van der Waals surface area contributed by atoms with Gasteiger partial charge in [0.05, 0.1) is 6.54 Å². The van der Waals surface area contributed by atoms with Crippen LogP contribution in [-0.4, -0.2) is 35.7 Å². The largest absolute Gasteiger partial charge is 0.347 e. The van der Waals surface area contributed by atoms with Crippen LogP contribution in [0.15, 0.2) is 84.9 Å². The Kier molecular flexibility index (Phi) is 10.1. The van der Waals surface area contributed by atoms with E-state index in [2.05, 4.69) is 22.8 Å². The maximum Gasteiger partial charge on any atom is 0.254 e. The molecule has 0 aromatic heterocycles. The lowest BCUT2D eigenvalue weighted by Crippen LogP contribution is -2.37. The Bertz CT molecular complexity index is 1200. The van der Waals surface area contributed by atoms with E-state index in [1.54, 1.807) is 0 Å². The van der Waals surface area contributed by atoms with Crippen LogP contribution >= 0.6 is 0 Å². The highest BCUT2D eigenvalue weighted by molar-refractivity contribution is 5.98. The monoisotopic (exact) mass is 511 g/mol. The Morgan fingerprint density at radius 3 is 2.24 bits per heavy atom. The van der Waals surface area contributed by atoms with Crippen molar-refractivity contribution in [2.45, 2.75) is 51.5 Å². The summed E-state index contributed by atoms with van der Waals surface area (Å²) in [5.41, 5.74) is 3.87. The van der Waals surface area contributed by atoms with Gasteiger partial charge in [0.1, 0.15) is 0 Å². The maximum absolute atomic E-state index is 13.0. The number of unbranched alkanes of at least 4 members (excludes halogenated alkanes) is 3. The van der Waals surface area contributed by atoms with Crippen molar-refractivity contribution >= 4 is 23.4 Å². The average Bonchev–Trinajstić information content (AvgIpc) is 3.27. The molecule has 198 valence electrons. The number of carbonyl (C=O) groups excluding carboxylic acids is 3. The van der Waals surface area contributed by atoms with Crippen molar-refractivity contribution in [3.05, 3.63) is 102 Å². The highest BCUT2D eigenvalue weighted by Gasteiger charge is 2.26. The molecular formula is C32H37N3O3. The topological polar surface area (TPSA) is 78.5 Å². The van der Waals surface area contributed by atoms with Gasteiger partial charge < -0.3 is 15.5 Å². The molecule has 6 nitrogen and oxygen atoms in total. The van der Waals surface area contributed by atoms with Gasteiger partial charge in [-0.1, -0.05) is 86.0 Å². The molecule has 0 saturated carbocycles. The summed E-state index contributed by atoms with van der Waals surface area (Å²) in [6.45, 7) is 1.43. The Morgan fingerprint density at radius 1 is 0.789 bits per heavy atom. The normalized spacial score (nSPS) is 13.2. The molecule has 0 saturated heterocycles. The summed E-state index contributed by atoms with van der Waals surface area (Å²) < 4.78 is 0. The first-order valence-corrected chi connectivity index (χ1v) is 13.6. The lowest BCUT2D eigenvalue weighted by molar-refractivity contribution is -0.127. The van der Waals surface area contributed by atoms with Gasteiger partial charge >= 0.3 is 0 Å². The van der Waals surface area contributed by atoms with Crippen molar-refractivity contribution in [3.63, 3.8) is 0 Å². The molecule has 3 amide bonds. The zero-order chi connectivity index (χ0) is 26.6. The molecule has 3 aromatic carbocycles. The minimum Gasteiger partial charge on any atom is -0.347 e. The van der Waals surface area contributed by atoms with Crippen molar-refractivity contribution < 1.29 is 14.4 Å². The van der Waals surface area contributed by atoms with Crippen LogP contribution in [0.3, 0.4) is 0 Å². The molecule has 0 bridgehead atoms. The minimum absolute atomic E-state index is 0.0399. The number of anilines is 1. The fourth-order valence-corrected chi connectivity index (χ4v) is 4.97. The summed E-state index contributed by atoms with van der Waals surface area (Å²) in [6.07, 6.45) is 6.29. The van der Waals surface area contributed by atoms with Gasteiger partial charge in [-0.15, -0.1) is 0 Å². The Morgan fingerprint density at radius 2 is 1.47 bits per heavy atom. The third-order valence-corrected chi connectivity index (χ3v) is 7.10. The summed E-state index contributed by atoms with van der Waals surface area (Å²) in [5.74, 6) is -0.307. The molecule has 0 spiro atoms. The van der Waals surface area contributed by atoms with Crippen molar-refractivity contribution in [2.24, 2.45) is 5.92 Å². The predicted octanol–water partition coefficient (Wildman–Crippen LogP) is 5.60. The van der Waals surface area contributed by atoms with Gasteiger partial charge in [-0.25, -0.2) is 0 Å². The van der Waals surface area contributed by atoms with Gasteiger partial charge in [-0.05, 0) is 55.0 Å². The Labute approximate surface area is 225 Å².